The van der Waals surface area contributed by atoms with E-state index in [1.54, 1.807) is 12.1 Å². The monoisotopic (exact) mass is 346 g/mol. The first-order chi connectivity index (χ1) is 12.0. The summed E-state index contributed by atoms with van der Waals surface area (Å²) in [5.41, 5.74) is 1.54. The number of rotatable bonds is 7. The molecule has 0 aromatic heterocycles. The fourth-order valence-electron chi connectivity index (χ4n) is 3.39. The maximum Gasteiger partial charge on any atom is 0.338 e. The summed E-state index contributed by atoms with van der Waals surface area (Å²) in [4.78, 5) is 26.3. The second kappa shape index (κ2) is 9.44. The van der Waals surface area contributed by atoms with E-state index in [1.165, 1.54) is 6.42 Å². The van der Waals surface area contributed by atoms with Gasteiger partial charge in [0.05, 0.1) is 5.56 Å². The molecule has 0 bridgehead atoms. The summed E-state index contributed by atoms with van der Waals surface area (Å²) in [6.07, 6.45) is 4.53. The molecular weight excluding hydrogens is 316 g/mol. The van der Waals surface area contributed by atoms with Gasteiger partial charge in [-0.05, 0) is 56.9 Å². The molecule has 2 rings (SSSR count). The van der Waals surface area contributed by atoms with E-state index < -0.39 is 5.97 Å². The van der Waals surface area contributed by atoms with Crippen LogP contribution in [-0.2, 0) is 9.53 Å². The van der Waals surface area contributed by atoms with Gasteiger partial charge in [-0.3, -0.25) is 4.79 Å². The molecule has 0 saturated heterocycles. The Kier molecular flexibility index (Phi) is 7.29. The van der Waals surface area contributed by atoms with Crippen LogP contribution in [0.5, 0.6) is 0 Å². The predicted octanol–water partition coefficient (Wildman–Crippen LogP) is 3.38. The molecule has 138 valence electrons. The van der Waals surface area contributed by atoms with E-state index in [4.69, 9.17) is 4.74 Å². The Morgan fingerprint density at radius 2 is 1.76 bits per heavy atom. The first kappa shape index (κ1) is 19.3. The Morgan fingerprint density at radius 3 is 2.36 bits per heavy atom. The SMILES string of the molecule is CCN(CC)c1ccc(C(=O)OCC(=O)N[C@@H]2CCCC[C@H]2C)cc1. The number of carbonyl (C=O) groups excluding carboxylic acids is 2. The first-order valence-corrected chi connectivity index (χ1v) is 9.36. The lowest BCUT2D eigenvalue weighted by molar-refractivity contribution is -0.125. The van der Waals surface area contributed by atoms with E-state index in [-0.39, 0.29) is 18.6 Å². The largest absolute Gasteiger partial charge is 0.452 e. The van der Waals surface area contributed by atoms with Gasteiger partial charge in [-0.25, -0.2) is 4.79 Å². The van der Waals surface area contributed by atoms with E-state index in [0.29, 0.717) is 11.5 Å². The van der Waals surface area contributed by atoms with Gasteiger partial charge in [-0.1, -0.05) is 19.8 Å². The van der Waals surface area contributed by atoms with Crippen LogP contribution in [0.4, 0.5) is 5.69 Å². The van der Waals surface area contributed by atoms with Crippen molar-refractivity contribution in [2.75, 3.05) is 24.6 Å². The van der Waals surface area contributed by atoms with Crippen LogP contribution in [0, 0.1) is 5.92 Å². The van der Waals surface area contributed by atoms with Gasteiger partial charge in [0.25, 0.3) is 5.91 Å². The summed E-state index contributed by atoms with van der Waals surface area (Å²) in [5, 5.41) is 2.99. The number of esters is 1. The third kappa shape index (κ3) is 5.48. The number of carbonyl (C=O) groups is 2. The van der Waals surface area contributed by atoms with Crippen molar-refractivity contribution in [3.8, 4) is 0 Å². The van der Waals surface area contributed by atoms with Crippen molar-refractivity contribution in [2.24, 2.45) is 5.92 Å². The van der Waals surface area contributed by atoms with Crippen molar-refractivity contribution in [3.63, 3.8) is 0 Å². The molecule has 1 amide bonds. The lowest BCUT2D eigenvalue weighted by Crippen LogP contribution is -2.42. The van der Waals surface area contributed by atoms with E-state index in [0.717, 1.165) is 38.0 Å². The third-order valence-corrected chi connectivity index (χ3v) is 5.02. The maximum absolute atomic E-state index is 12.1. The minimum absolute atomic E-state index is 0.202. The maximum atomic E-state index is 12.1. The quantitative estimate of drug-likeness (QED) is 0.769. The number of nitrogens with one attached hydrogen (secondary N) is 1. The Hall–Kier alpha value is -2.04. The number of hydrogen-bond donors (Lipinski definition) is 1. The molecular formula is C20H30N2O3. The van der Waals surface area contributed by atoms with Crippen LogP contribution in [0.15, 0.2) is 24.3 Å². The second-order valence-corrected chi connectivity index (χ2v) is 6.73. The summed E-state index contributed by atoms with van der Waals surface area (Å²) >= 11 is 0. The van der Waals surface area contributed by atoms with Crippen LogP contribution < -0.4 is 10.2 Å². The van der Waals surface area contributed by atoms with Crippen LogP contribution in [0.25, 0.3) is 0 Å². The van der Waals surface area contributed by atoms with Gasteiger partial charge in [-0.2, -0.15) is 0 Å². The van der Waals surface area contributed by atoms with Crippen molar-refractivity contribution in [1.82, 2.24) is 5.32 Å². The number of ether oxygens (including phenoxy) is 1. The van der Waals surface area contributed by atoms with Gasteiger partial charge in [0, 0.05) is 24.8 Å². The summed E-state index contributed by atoms with van der Waals surface area (Å²) < 4.78 is 5.16. The highest BCUT2D eigenvalue weighted by atomic mass is 16.5. The molecule has 1 aromatic carbocycles. The molecule has 5 heteroatoms. The molecule has 25 heavy (non-hydrogen) atoms. The molecule has 1 saturated carbocycles. The van der Waals surface area contributed by atoms with Crippen LogP contribution in [0.3, 0.4) is 0 Å². The van der Waals surface area contributed by atoms with E-state index >= 15 is 0 Å². The van der Waals surface area contributed by atoms with Crippen molar-refractivity contribution in [1.29, 1.82) is 0 Å². The molecule has 1 N–H and O–H groups in total. The van der Waals surface area contributed by atoms with Crippen LogP contribution in [0.1, 0.15) is 56.8 Å². The van der Waals surface area contributed by atoms with Gasteiger partial charge in [0.2, 0.25) is 0 Å². The fourth-order valence-corrected chi connectivity index (χ4v) is 3.39. The highest BCUT2D eigenvalue weighted by Crippen LogP contribution is 2.23. The molecule has 0 aliphatic heterocycles. The van der Waals surface area contributed by atoms with E-state index in [1.807, 2.05) is 12.1 Å². The molecule has 0 heterocycles. The zero-order chi connectivity index (χ0) is 18.2. The van der Waals surface area contributed by atoms with E-state index in [2.05, 4.69) is 31.0 Å². The number of benzene rings is 1. The van der Waals surface area contributed by atoms with Crippen molar-refractivity contribution >= 4 is 17.6 Å². The molecule has 0 radical (unpaired) electrons. The average molecular weight is 346 g/mol. The zero-order valence-electron chi connectivity index (χ0n) is 15.6. The van der Waals surface area contributed by atoms with Crippen molar-refractivity contribution < 1.29 is 14.3 Å². The summed E-state index contributed by atoms with van der Waals surface area (Å²) in [6, 6.07) is 7.52. The topological polar surface area (TPSA) is 58.6 Å². The van der Waals surface area contributed by atoms with Gasteiger partial charge >= 0.3 is 5.97 Å². The number of anilines is 1. The minimum Gasteiger partial charge on any atom is -0.452 e. The van der Waals surface area contributed by atoms with Crippen molar-refractivity contribution in [3.05, 3.63) is 29.8 Å². The summed E-state index contributed by atoms with van der Waals surface area (Å²) in [7, 11) is 0. The smallest absolute Gasteiger partial charge is 0.338 e. The minimum atomic E-state index is -0.460. The van der Waals surface area contributed by atoms with E-state index in [9.17, 15) is 9.59 Å². The van der Waals surface area contributed by atoms with Gasteiger partial charge < -0.3 is 15.0 Å². The summed E-state index contributed by atoms with van der Waals surface area (Å²) in [6.45, 7) is 7.96. The Bertz CT molecular complexity index is 567. The number of hydrogen-bond acceptors (Lipinski definition) is 4. The molecule has 0 spiro atoms. The van der Waals surface area contributed by atoms with Gasteiger partial charge in [-0.15, -0.1) is 0 Å². The zero-order valence-corrected chi connectivity index (χ0v) is 15.6. The Morgan fingerprint density at radius 1 is 1.12 bits per heavy atom. The average Bonchev–Trinajstić information content (AvgIpc) is 2.63. The highest BCUT2D eigenvalue weighted by Gasteiger charge is 2.23. The highest BCUT2D eigenvalue weighted by molar-refractivity contribution is 5.91. The molecule has 1 aromatic rings. The molecule has 1 aliphatic carbocycles. The normalized spacial score (nSPS) is 20.0. The molecule has 1 aliphatic rings. The number of amides is 1. The Balaban J connectivity index is 1.82. The predicted molar refractivity (Wildman–Crippen MR) is 99.8 cm³/mol. The lowest BCUT2D eigenvalue weighted by Gasteiger charge is -2.29. The third-order valence-electron chi connectivity index (χ3n) is 5.02. The standard InChI is InChI=1S/C20H30N2O3/c1-4-22(5-2)17-12-10-16(11-13-17)20(24)25-14-19(23)21-18-9-7-6-8-15(18)3/h10-13,15,18H,4-9,14H2,1-3H3,(H,21,23)/t15-,18-/m1/s1. The molecule has 0 unspecified atom stereocenters. The summed E-state index contributed by atoms with van der Waals surface area (Å²) in [5.74, 6) is -0.189. The molecule has 5 nitrogen and oxygen atoms in total. The molecule has 1 fully saturated rings. The first-order valence-electron chi connectivity index (χ1n) is 9.36. The van der Waals surface area contributed by atoms with Crippen molar-refractivity contribution in [2.45, 2.75) is 52.5 Å². The lowest BCUT2D eigenvalue weighted by atomic mass is 9.86. The van der Waals surface area contributed by atoms with Crippen LogP contribution in [-0.4, -0.2) is 37.6 Å². The van der Waals surface area contributed by atoms with Gasteiger partial charge in [0.15, 0.2) is 6.61 Å². The molecule has 2 atom stereocenters. The van der Waals surface area contributed by atoms with Crippen LogP contribution in [0.2, 0.25) is 0 Å². The van der Waals surface area contributed by atoms with Gasteiger partial charge in [0.1, 0.15) is 0 Å². The van der Waals surface area contributed by atoms with Crippen LogP contribution >= 0.6 is 0 Å². The Labute approximate surface area is 150 Å². The fraction of sp³-hybridized carbons (Fsp3) is 0.600. The second-order valence-electron chi connectivity index (χ2n) is 6.73. The number of nitrogens with zero attached hydrogens (tertiary/aromatic N) is 1.